The molecule has 0 radical (unpaired) electrons. The molecule has 0 bridgehead atoms. The maximum atomic E-state index is 12.7. The Morgan fingerprint density at radius 3 is 2.71 bits per heavy atom. The van der Waals surface area contributed by atoms with Gasteiger partial charge in [0.1, 0.15) is 5.00 Å². The molecule has 2 aromatic heterocycles. The highest BCUT2D eigenvalue weighted by molar-refractivity contribution is 7.14. The number of likely N-dealkylation sites (N-methyl/N-ethyl adjacent to an activating group) is 1. The zero-order valence-corrected chi connectivity index (χ0v) is 18.5. The van der Waals surface area contributed by atoms with Crippen LogP contribution in [0.15, 0.2) is 48.8 Å². The van der Waals surface area contributed by atoms with E-state index in [0.717, 1.165) is 30.1 Å². The number of rotatable bonds is 6. The summed E-state index contributed by atoms with van der Waals surface area (Å²) in [6.07, 6.45) is 5.02. The van der Waals surface area contributed by atoms with Crippen molar-refractivity contribution in [3.8, 4) is 5.00 Å². The van der Waals surface area contributed by atoms with Gasteiger partial charge in [0.25, 0.3) is 0 Å². The predicted molar refractivity (Wildman–Crippen MR) is 122 cm³/mol. The zero-order chi connectivity index (χ0) is 21.8. The summed E-state index contributed by atoms with van der Waals surface area (Å²) in [6.45, 7) is 4.37. The number of carbonyl (C=O) groups excluding carboxylic acids is 2. The molecule has 31 heavy (non-hydrogen) atoms. The number of fused-ring (bicyclic) bond motifs is 1. The lowest BCUT2D eigenvalue weighted by Gasteiger charge is -2.22. The standard InChI is InChI=1S/C23H26N4O3S/c1-3-30-22(28)17-8-4-5-9-19(17)25-23(29)24-14-18-16-10-13-26(2)15-20(16)31-21(18)27-11-6-7-12-27/h4-9,11-12H,3,10,13-15H2,1-2H3,(H2,24,25,29). The smallest absolute Gasteiger partial charge is 0.340 e. The largest absolute Gasteiger partial charge is 0.462 e. The van der Waals surface area contributed by atoms with Crippen molar-refractivity contribution >= 4 is 29.0 Å². The Balaban J connectivity index is 1.51. The molecule has 4 rings (SSSR count). The summed E-state index contributed by atoms with van der Waals surface area (Å²) in [4.78, 5) is 28.5. The third-order valence-electron chi connectivity index (χ3n) is 5.27. The molecular weight excluding hydrogens is 412 g/mol. The van der Waals surface area contributed by atoms with Crippen LogP contribution >= 0.6 is 11.3 Å². The molecule has 0 fully saturated rings. The monoisotopic (exact) mass is 438 g/mol. The van der Waals surface area contributed by atoms with E-state index in [2.05, 4.69) is 27.1 Å². The molecule has 0 aliphatic carbocycles. The number of esters is 1. The van der Waals surface area contributed by atoms with Crippen molar-refractivity contribution in [1.29, 1.82) is 0 Å². The van der Waals surface area contributed by atoms with Gasteiger partial charge in [-0.2, -0.15) is 0 Å². The highest BCUT2D eigenvalue weighted by Crippen LogP contribution is 2.35. The van der Waals surface area contributed by atoms with Crippen LogP contribution in [0.5, 0.6) is 0 Å². The molecule has 1 aliphatic heterocycles. The van der Waals surface area contributed by atoms with Crippen LogP contribution in [-0.4, -0.2) is 41.7 Å². The number of benzene rings is 1. The van der Waals surface area contributed by atoms with Crippen LogP contribution < -0.4 is 10.6 Å². The lowest BCUT2D eigenvalue weighted by atomic mass is 10.0. The van der Waals surface area contributed by atoms with Gasteiger partial charge in [-0.05, 0) is 50.2 Å². The van der Waals surface area contributed by atoms with Crippen molar-refractivity contribution in [2.45, 2.75) is 26.4 Å². The number of anilines is 1. The lowest BCUT2D eigenvalue weighted by molar-refractivity contribution is 0.0527. The van der Waals surface area contributed by atoms with Crippen molar-refractivity contribution in [3.63, 3.8) is 0 Å². The van der Waals surface area contributed by atoms with Crippen LogP contribution in [-0.2, 0) is 24.2 Å². The average Bonchev–Trinajstić information content (AvgIpc) is 3.40. The Morgan fingerprint density at radius 1 is 1.16 bits per heavy atom. The molecule has 0 saturated carbocycles. The van der Waals surface area contributed by atoms with E-state index < -0.39 is 5.97 Å². The first-order valence-electron chi connectivity index (χ1n) is 10.3. The van der Waals surface area contributed by atoms with Crippen LogP contribution in [0.25, 0.3) is 5.00 Å². The van der Waals surface area contributed by atoms with Gasteiger partial charge in [0.05, 0.1) is 17.9 Å². The number of nitrogens with one attached hydrogen (secondary N) is 2. The van der Waals surface area contributed by atoms with Gasteiger partial charge in [0, 0.05) is 42.5 Å². The lowest BCUT2D eigenvalue weighted by Crippen LogP contribution is -2.30. The van der Waals surface area contributed by atoms with Crippen LogP contribution in [0.1, 0.15) is 33.3 Å². The third-order valence-corrected chi connectivity index (χ3v) is 6.54. The fourth-order valence-corrected chi connectivity index (χ4v) is 5.17. The summed E-state index contributed by atoms with van der Waals surface area (Å²) in [5, 5.41) is 6.90. The Hall–Kier alpha value is -3.10. The number of urea groups is 1. The van der Waals surface area contributed by atoms with Gasteiger partial charge in [-0.1, -0.05) is 12.1 Å². The molecule has 0 unspecified atom stereocenters. The van der Waals surface area contributed by atoms with Gasteiger partial charge in [0.2, 0.25) is 0 Å². The Kier molecular flexibility index (Phi) is 6.39. The maximum Gasteiger partial charge on any atom is 0.340 e. The van der Waals surface area contributed by atoms with Crippen LogP contribution in [0.3, 0.4) is 0 Å². The Morgan fingerprint density at radius 2 is 1.94 bits per heavy atom. The number of carbonyl (C=O) groups is 2. The Bertz CT molecular complexity index is 1070. The second-order valence-electron chi connectivity index (χ2n) is 7.44. The molecular formula is C23H26N4O3S. The van der Waals surface area contributed by atoms with Crippen LogP contribution in [0.2, 0.25) is 0 Å². The molecule has 0 spiro atoms. The summed E-state index contributed by atoms with van der Waals surface area (Å²) in [6, 6.07) is 10.5. The number of hydrogen-bond acceptors (Lipinski definition) is 5. The Labute approximate surface area is 185 Å². The second kappa shape index (κ2) is 9.36. The SMILES string of the molecule is CCOC(=O)c1ccccc1NC(=O)NCc1c(-n2cccc2)sc2c1CCN(C)C2. The molecule has 0 atom stereocenters. The van der Waals surface area contributed by atoms with Crippen LogP contribution in [0.4, 0.5) is 10.5 Å². The minimum absolute atomic E-state index is 0.278. The summed E-state index contributed by atoms with van der Waals surface area (Å²) >= 11 is 1.78. The number of amides is 2. The average molecular weight is 439 g/mol. The van der Waals surface area contributed by atoms with Crippen molar-refractivity contribution in [3.05, 3.63) is 70.4 Å². The normalized spacial score (nSPS) is 13.5. The number of ether oxygens (including phenoxy) is 1. The predicted octanol–water partition coefficient (Wildman–Crippen LogP) is 4.03. The van der Waals surface area contributed by atoms with Crippen molar-refractivity contribution in [1.82, 2.24) is 14.8 Å². The summed E-state index contributed by atoms with van der Waals surface area (Å²) in [5.41, 5.74) is 3.25. The third kappa shape index (κ3) is 4.65. The number of para-hydroxylation sites is 1. The van der Waals surface area contributed by atoms with Gasteiger partial charge in [0.15, 0.2) is 0 Å². The highest BCUT2D eigenvalue weighted by atomic mass is 32.1. The van der Waals surface area contributed by atoms with E-state index in [4.69, 9.17) is 4.74 Å². The first kappa shape index (κ1) is 21.1. The minimum Gasteiger partial charge on any atom is -0.462 e. The van der Waals surface area contributed by atoms with E-state index in [1.807, 2.05) is 24.5 Å². The van der Waals surface area contributed by atoms with Gasteiger partial charge in [-0.15, -0.1) is 11.3 Å². The van der Waals surface area contributed by atoms with Crippen molar-refractivity contribution in [2.75, 3.05) is 25.5 Å². The van der Waals surface area contributed by atoms with E-state index in [-0.39, 0.29) is 12.6 Å². The first-order valence-corrected chi connectivity index (χ1v) is 11.1. The molecule has 0 saturated heterocycles. The maximum absolute atomic E-state index is 12.7. The molecule has 1 aromatic carbocycles. The molecule has 8 heteroatoms. The molecule has 162 valence electrons. The number of aromatic nitrogens is 1. The van der Waals surface area contributed by atoms with Crippen LogP contribution in [0, 0.1) is 0 Å². The fraction of sp³-hybridized carbons (Fsp3) is 0.304. The first-order chi connectivity index (χ1) is 15.1. The van der Waals surface area contributed by atoms with E-state index in [1.54, 1.807) is 42.5 Å². The molecule has 7 nitrogen and oxygen atoms in total. The van der Waals surface area contributed by atoms with Crippen molar-refractivity contribution < 1.29 is 14.3 Å². The van der Waals surface area contributed by atoms with Gasteiger partial charge in [-0.25, -0.2) is 9.59 Å². The second-order valence-corrected chi connectivity index (χ2v) is 8.52. The van der Waals surface area contributed by atoms with Gasteiger partial charge < -0.3 is 24.8 Å². The van der Waals surface area contributed by atoms with E-state index in [1.165, 1.54) is 10.4 Å². The quantitative estimate of drug-likeness (QED) is 0.570. The summed E-state index contributed by atoms with van der Waals surface area (Å²) in [5.74, 6) is -0.454. The minimum atomic E-state index is -0.454. The highest BCUT2D eigenvalue weighted by Gasteiger charge is 2.24. The molecule has 1 aliphatic rings. The molecule has 3 aromatic rings. The molecule has 2 amide bonds. The van der Waals surface area contributed by atoms with E-state index in [9.17, 15) is 9.59 Å². The van der Waals surface area contributed by atoms with E-state index in [0.29, 0.717) is 17.8 Å². The van der Waals surface area contributed by atoms with E-state index >= 15 is 0 Å². The summed E-state index contributed by atoms with van der Waals surface area (Å²) in [7, 11) is 2.13. The number of hydrogen-bond donors (Lipinski definition) is 2. The zero-order valence-electron chi connectivity index (χ0n) is 17.7. The van der Waals surface area contributed by atoms with Gasteiger partial charge in [-0.3, -0.25) is 0 Å². The number of nitrogens with zero attached hydrogens (tertiary/aromatic N) is 2. The fourth-order valence-electron chi connectivity index (χ4n) is 3.76. The molecule has 2 N–H and O–H groups in total. The molecule has 3 heterocycles. The number of thiophene rings is 1. The topological polar surface area (TPSA) is 75.6 Å². The van der Waals surface area contributed by atoms with Crippen molar-refractivity contribution in [2.24, 2.45) is 0 Å². The van der Waals surface area contributed by atoms with Gasteiger partial charge >= 0.3 is 12.0 Å². The summed E-state index contributed by atoms with van der Waals surface area (Å²) < 4.78 is 7.19.